The maximum Gasteiger partial charge on any atom is 0.236 e. The van der Waals surface area contributed by atoms with E-state index in [-0.39, 0.29) is 23.5 Å². The van der Waals surface area contributed by atoms with Gasteiger partial charge in [-0.25, -0.2) is 8.42 Å². The number of hydrogen-bond acceptors (Lipinski definition) is 4. The molecule has 2 atom stereocenters. The van der Waals surface area contributed by atoms with E-state index in [1.54, 1.807) is 0 Å². The topological polar surface area (TPSA) is 89.3 Å². The van der Waals surface area contributed by atoms with Crippen molar-refractivity contribution in [2.45, 2.75) is 40.2 Å². The van der Waals surface area contributed by atoms with Crippen LogP contribution in [0.4, 0.5) is 0 Å². The van der Waals surface area contributed by atoms with Crippen molar-refractivity contribution >= 4 is 15.7 Å². The number of rotatable bonds is 6. The van der Waals surface area contributed by atoms with Crippen LogP contribution in [0.5, 0.6) is 0 Å². The van der Waals surface area contributed by atoms with Gasteiger partial charge in [-0.3, -0.25) is 4.79 Å². The molecule has 6 heteroatoms. The van der Waals surface area contributed by atoms with Crippen LogP contribution in [0.1, 0.15) is 34.1 Å². The molecule has 0 heterocycles. The summed E-state index contributed by atoms with van der Waals surface area (Å²) < 4.78 is 21.9. The highest BCUT2D eigenvalue weighted by Crippen LogP contribution is 2.24. The molecule has 0 bridgehead atoms. The van der Waals surface area contributed by atoms with Crippen LogP contribution >= 0.6 is 0 Å². The fourth-order valence-electron chi connectivity index (χ4n) is 1.16. The standard InChI is InChI=1S/C12H26N2O3S/c1-9(12(2,3)4)8-14-11(15)10(13)6-7-18(5,16)17/h9-10H,6-8,13H2,1-5H3,(H,14,15). The average molecular weight is 278 g/mol. The maximum absolute atomic E-state index is 11.7. The Morgan fingerprint density at radius 1 is 1.33 bits per heavy atom. The molecule has 0 rings (SSSR count). The van der Waals surface area contributed by atoms with Crippen LogP contribution in [0.2, 0.25) is 0 Å². The van der Waals surface area contributed by atoms with Crippen molar-refractivity contribution in [1.29, 1.82) is 0 Å². The molecule has 0 aliphatic heterocycles. The van der Waals surface area contributed by atoms with Gasteiger partial charge in [-0.05, 0) is 17.8 Å². The third kappa shape index (κ3) is 7.66. The van der Waals surface area contributed by atoms with Crippen molar-refractivity contribution in [3.63, 3.8) is 0 Å². The molecule has 0 fully saturated rings. The first-order valence-electron chi connectivity index (χ1n) is 6.14. The zero-order chi connectivity index (χ0) is 14.6. The molecule has 18 heavy (non-hydrogen) atoms. The average Bonchev–Trinajstić information content (AvgIpc) is 2.19. The van der Waals surface area contributed by atoms with Gasteiger partial charge in [0.2, 0.25) is 5.91 Å². The van der Waals surface area contributed by atoms with E-state index < -0.39 is 15.9 Å². The van der Waals surface area contributed by atoms with Gasteiger partial charge in [0.15, 0.2) is 0 Å². The van der Waals surface area contributed by atoms with Gasteiger partial charge in [-0.2, -0.15) is 0 Å². The highest BCUT2D eigenvalue weighted by Gasteiger charge is 2.22. The lowest BCUT2D eigenvalue weighted by Gasteiger charge is -2.27. The summed E-state index contributed by atoms with van der Waals surface area (Å²) in [5.74, 6) is -0.0190. The first-order valence-corrected chi connectivity index (χ1v) is 8.20. The highest BCUT2D eigenvalue weighted by molar-refractivity contribution is 7.90. The quantitative estimate of drug-likeness (QED) is 0.742. The number of amides is 1. The van der Waals surface area contributed by atoms with Crippen LogP contribution < -0.4 is 11.1 Å². The SMILES string of the molecule is CC(CNC(=O)C(N)CCS(C)(=O)=O)C(C)(C)C. The molecule has 3 N–H and O–H groups in total. The van der Waals surface area contributed by atoms with E-state index in [2.05, 4.69) is 33.0 Å². The lowest BCUT2D eigenvalue weighted by molar-refractivity contribution is -0.122. The van der Waals surface area contributed by atoms with Crippen LogP contribution in [-0.4, -0.2) is 38.9 Å². The minimum Gasteiger partial charge on any atom is -0.354 e. The Morgan fingerprint density at radius 3 is 2.22 bits per heavy atom. The molecule has 5 nitrogen and oxygen atoms in total. The molecule has 0 spiro atoms. The molecule has 0 saturated heterocycles. The molecular formula is C12H26N2O3S. The monoisotopic (exact) mass is 278 g/mol. The largest absolute Gasteiger partial charge is 0.354 e. The zero-order valence-corrected chi connectivity index (χ0v) is 12.8. The number of hydrogen-bond donors (Lipinski definition) is 2. The Hall–Kier alpha value is -0.620. The third-order valence-electron chi connectivity index (χ3n) is 3.20. The van der Waals surface area contributed by atoms with Crippen molar-refractivity contribution in [2.75, 3.05) is 18.6 Å². The van der Waals surface area contributed by atoms with Gasteiger partial charge < -0.3 is 11.1 Å². The van der Waals surface area contributed by atoms with Crippen LogP contribution in [0.25, 0.3) is 0 Å². The number of sulfone groups is 1. The van der Waals surface area contributed by atoms with Gasteiger partial charge in [0, 0.05) is 12.8 Å². The first kappa shape index (κ1) is 17.4. The molecule has 2 unspecified atom stereocenters. The minimum absolute atomic E-state index is 0.0591. The molecule has 1 amide bonds. The summed E-state index contributed by atoms with van der Waals surface area (Å²) in [4.78, 5) is 11.7. The second-order valence-electron chi connectivity index (χ2n) is 6.04. The molecule has 0 aliphatic rings. The summed E-state index contributed by atoms with van der Waals surface area (Å²) in [5, 5.41) is 2.77. The Morgan fingerprint density at radius 2 is 1.83 bits per heavy atom. The van der Waals surface area contributed by atoms with Gasteiger partial charge in [0.05, 0.1) is 11.8 Å². The van der Waals surface area contributed by atoms with Crippen LogP contribution in [-0.2, 0) is 14.6 Å². The van der Waals surface area contributed by atoms with Crippen molar-refractivity contribution in [3.8, 4) is 0 Å². The summed E-state index contributed by atoms with van der Waals surface area (Å²) in [5.41, 5.74) is 5.76. The van der Waals surface area contributed by atoms with Crippen LogP contribution in [0.3, 0.4) is 0 Å². The Bertz CT molecular complexity index is 371. The summed E-state index contributed by atoms with van der Waals surface area (Å²) in [6, 6.07) is -0.758. The molecule has 0 saturated carbocycles. The second-order valence-corrected chi connectivity index (χ2v) is 8.30. The summed E-state index contributed by atoms with van der Waals surface area (Å²) in [6.07, 6.45) is 1.30. The fourth-order valence-corrected chi connectivity index (χ4v) is 1.85. The predicted octanol–water partition coefficient (Wildman–Crippen LogP) is 0.547. The van der Waals surface area contributed by atoms with E-state index in [1.807, 2.05) is 0 Å². The van der Waals surface area contributed by atoms with Gasteiger partial charge in [0.25, 0.3) is 0 Å². The summed E-state index contributed by atoms with van der Waals surface area (Å²) >= 11 is 0. The number of nitrogens with two attached hydrogens (primary N) is 1. The third-order valence-corrected chi connectivity index (χ3v) is 4.17. The smallest absolute Gasteiger partial charge is 0.236 e. The van der Waals surface area contributed by atoms with Crippen molar-refractivity contribution in [3.05, 3.63) is 0 Å². The van der Waals surface area contributed by atoms with Crippen LogP contribution in [0, 0.1) is 11.3 Å². The zero-order valence-electron chi connectivity index (χ0n) is 12.0. The lowest BCUT2D eigenvalue weighted by atomic mass is 9.82. The van der Waals surface area contributed by atoms with E-state index in [4.69, 9.17) is 5.73 Å². The minimum atomic E-state index is -3.07. The van der Waals surface area contributed by atoms with E-state index in [1.165, 1.54) is 0 Å². The highest BCUT2D eigenvalue weighted by atomic mass is 32.2. The van der Waals surface area contributed by atoms with Gasteiger partial charge in [-0.15, -0.1) is 0 Å². The molecule has 0 aromatic heterocycles. The van der Waals surface area contributed by atoms with Gasteiger partial charge in [0.1, 0.15) is 9.84 Å². The normalized spacial score (nSPS) is 16.1. The van der Waals surface area contributed by atoms with Gasteiger partial charge in [-0.1, -0.05) is 27.7 Å². The van der Waals surface area contributed by atoms with E-state index in [0.717, 1.165) is 6.26 Å². The molecule has 0 aliphatic carbocycles. The van der Waals surface area contributed by atoms with Crippen molar-refractivity contribution in [1.82, 2.24) is 5.32 Å². The number of carbonyl (C=O) groups is 1. The Balaban J connectivity index is 4.11. The first-order chi connectivity index (χ1) is 7.93. The lowest BCUT2D eigenvalue weighted by Crippen LogP contribution is -2.44. The predicted molar refractivity (Wildman–Crippen MR) is 73.9 cm³/mol. The summed E-state index contributed by atoms with van der Waals surface area (Å²) in [7, 11) is -3.07. The second kappa shape index (κ2) is 6.52. The Labute approximate surface area is 110 Å². The molecular weight excluding hydrogens is 252 g/mol. The molecule has 0 aromatic carbocycles. The molecule has 0 radical (unpaired) electrons. The number of carbonyl (C=O) groups excluding carboxylic acids is 1. The molecule has 0 aromatic rings. The molecule has 108 valence electrons. The van der Waals surface area contributed by atoms with Gasteiger partial charge >= 0.3 is 0 Å². The summed E-state index contributed by atoms with van der Waals surface area (Å²) in [6.45, 7) is 8.92. The van der Waals surface area contributed by atoms with E-state index in [0.29, 0.717) is 12.5 Å². The van der Waals surface area contributed by atoms with Crippen molar-refractivity contribution < 1.29 is 13.2 Å². The van der Waals surface area contributed by atoms with Crippen molar-refractivity contribution in [2.24, 2.45) is 17.1 Å². The maximum atomic E-state index is 11.7. The Kier molecular flexibility index (Phi) is 6.29. The van der Waals surface area contributed by atoms with E-state index in [9.17, 15) is 13.2 Å². The van der Waals surface area contributed by atoms with E-state index >= 15 is 0 Å². The fraction of sp³-hybridized carbons (Fsp3) is 0.917. The number of nitrogens with one attached hydrogen (secondary N) is 1. The van der Waals surface area contributed by atoms with Crippen LogP contribution in [0.15, 0.2) is 0 Å².